The Morgan fingerprint density at radius 1 is 1.19 bits per heavy atom. The van der Waals surface area contributed by atoms with Crippen molar-refractivity contribution in [2.24, 2.45) is 0 Å². The summed E-state index contributed by atoms with van der Waals surface area (Å²) in [7, 11) is 0. The molecule has 0 fully saturated rings. The molecule has 1 aromatic heterocycles. The van der Waals surface area contributed by atoms with Crippen molar-refractivity contribution in [2.45, 2.75) is 32.9 Å². The number of nitrogens with zero attached hydrogens (tertiary/aromatic N) is 2. The summed E-state index contributed by atoms with van der Waals surface area (Å²) in [5, 5.41) is 8.07. The van der Waals surface area contributed by atoms with Crippen LogP contribution in [0.1, 0.15) is 37.6 Å². The number of halogens is 3. The Balaban J connectivity index is 2.52. The highest BCUT2D eigenvalue weighted by Crippen LogP contribution is 2.34. The molecule has 0 aliphatic heterocycles. The lowest BCUT2D eigenvalue weighted by molar-refractivity contribution is 0.527. The summed E-state index contributed by atoms with van der Waals surface area (Å²) >= 11 is 10.9. The number of aromatic nitrogens is 2. The molecule has 2 rings (SSSR count). The Kier molecular flexibility index (Phi) is 6.47. The van der Waals surface area contributed by atoms with E-state index in [0.717, 1.165) is 38.6 Å². The van der Waals surface area contributed by atoms with Gasteiger partial charge in [0.2, 0.25) is 0 Å². The highest BCUT2D eigenvalue weighted by atomic mass is 79.9. The molecule has 0 aliphatic carbocycles. The van der Waals surface area contributed by atoms with Crippen molar-refractivity contribution in [1.82, 2.24) is 15.1 Å². The van der Waals surface area contributed by atoms with Gasteiger partial charge in [0, 0.05) is 15.5 Å². The highest BCUT2D eigenvalue weighted by Gasteiger charge is 2.23. The molecule has 21 heavy (non-hydrogen) atoms. The van der Waals surface area contributed by atoms with Crippen LogP contribution in [0.3, 0.4) is 0 Å². The maximum Gasteiger partial charge on any atom is 0.0771 e. The van der Waals surface area contributed by atoms with Gasteiger partial charge in [-0.1, -0.05) is 38.8 Å². The smallest absolute Gasteiger partial charge is 0.0771 e. The Labute approximate surface area is 150 Å². The molecule has 2 aromatic rings. The van der Waals surface area contributed by atoms with Gasteiger partial charge in [0.05, 0.1) is 22.4 Å². The van der Waals surface area contributed by atoms with Crippen molar-refractivity contribution in [3.05, 3.63) is 49.1 Å². The van der Waals surface area contributed by atoms with Crippen LogP contribution in [0.25, 0.3) is 0 Å². The Bertz CT molecular complexity index is 610. The third-order valence-electron chi connectivity index (χ3n) is 3.27. The molecule has 1 atom stereocenters. The summed E-state index contributed by atoms with van der Waals surface area (Å²) in [5.74, 6) is 0. The maximum absolute atomic E-state index is 4.44. The van der Waals surface area contributed by atoms with E-state index in [2.05, 4.69) is 84.2 Å². The topological polar surface area (TPSA) is 29.9 Å². The first-order chi connectivity index (χ1) is 10.1. The van der Waals surface area contributed by atoms with E-state index in [4.69, 9.17) is 0 Å². The standard InChI is InChI=1S/C15H18Br3N3/c1-3-7-19-14(11-8-10(16)5-6-12(11)17)15-13(18)9-20-21(15)4-2/h5-6,8-9,14,19H,3-4,7H2,1-2H3. The molecule has 1 aromatic carbocycles. The van der Waals surface area contributed by atoms with Gasteiger partial charge in [0.1, 0.15) is 0 Å². The van der Waals surface area contributed by atoms with E-state index in [9.17, 15) is 0 Å². The van der Waals surface area contributed by atoms with Gasteiger partial charge in [-0.2, -0.15) is 5.10 Å². The minimum absolute atomic E-state index is 0.0913. The molecule has 0 aliphatic rings. The number of rotatable bonds is 6. The molecule has 1 heterocycles. The van der Waals surface area contributed by atoms with Gasteiger partial charge in [-0.15, -0.1) is 0 Å². The zero-order chi connectivity index (χ0) is 15.4. The largest absolute Gasteiger partial charge is 0.305 e. The zero-order valence-electron chi connectivity index (χ0n) is 12.0. The molecule has 1 unspecified atom stereocenters. The van der Waals surface area contributed by atoms with Crippen molar-refractivity contribution < 1.29 is 0 Å². The van der Waals surface area contributed by atoms with Crippen LogP contribution in [0, 0.1) is 0 Å². The van der Waals surface area contributed by atoms with E-state index in [-0.39, 0.29) is 6.04 Å². The molecule has 6 heteroatoms. The number of hydrogen-bond donors (Lipinski definition) is 1. The van der Waals surface area contributed by atoms with E-state index >= 15 is 0 Å². The van der Waals surface area contributed by atoms with Crippen LogP contribution in [-0.2, 0) is 6.54 Å². The lowest BCUT2D eigenvalue weighted by Crippen LogP contribution is -2.26. The molecule has 0 amide bonds. The van der Waals surface area contributed by atoms with Gasteiger partial charge in [-0.25, -0.2) is 0 Å². The minimum Gasteiger partial charge on any atom is -0.305 e. The SMILES string of the molecule is CCCNC(c1cc(Br)ccc1Br)c1c(Br)cnn1CC. The minimum atomic E-state index is 0.0913. The van der Waals surface area contributed by atoms with Crippen LogP contribution in [0.4, 0.5) is 0 Å². The van der Waals surface area contributed by atoms with Gasteiger partial charge in [0.25, 0.3) is 0 Å². The number of nitrogens with one attached hydrogen (secondary N) is 1. The Morgan fingerprint density at radius 2 is 1.95 bits per heavy atom. The van der Waals surface area contributed by atoms with E-state index in [1.165, 1.54) is 5.56 Å². The lowest BCUT2D eigenvalue weighted by atomic mass is 10.0. The first-order valence-corrected chi connectivity index (χ1v) is 9.35. The van der Waals surface area contributed by atoms with E-state index in [0.29, 0.717) is 0 Å². The summed E-state index contributed by atoms with van der Waals surface area (Å²) in [5.41, 5.74) is 2.36. The van der Waals surface area contributed by atoms with Crippen LogP contribution in [0.2, 0.25) is 0 Å². The van der Waals surface area contributed by atoms with Crippen molar-refractivity contribution in [3.8, 4) is 0 Å². The zero-order valence-corrected chi connectivity index (χ0v) is 16.8. The molecule has 0 radical (unpaired) electrons. The van der Waals surface area contributed by atoms with Crippen molar-refractivity contribution in [1.29, 1.82) is 0 Å². The summed E-state index contributed by atoms with van der Waals surface area (Å²) in [6, 6.07) is 6.35. The third-order valence-corrected chi connectivity index (χ3v) is 5.10. The van der Waals surface area contributed by atoms with Gasteiger partial charge >= 0.3 is 0 Å². The third kappa shape index (κ3) is 3.97. The molecule has 0 saturated heterocycles. The van der Waals surface area contributed by atoms with Crippen LogP contribution in [0.15, 0.2) is 37.8 Å². The van der Waals surface area contributed by atoms with Crippen LogP contribution >= 0.6 is 47.8 Å². The van der Waals surface area contributed by atoms with Crippen molar-refractivity contribution >= 4 is 47.8 Å². The molecule has 0 spiro atoms. The summed E-state index contributed by atoms with van der Waals surface area (Å²) in [6.45, 7) is 6.07. The fourth-order valence-corrected chi connectivity index (χ4v) is 3.67. The monoisotopic (exact) mass is 477 g/mol. The van der Waals surface area contributed by atoms with Crippen LogP contribution < -0.4 is 5.32 Å². The summed E-state index contributed by atoms with van der Waals surface area (Å²) < 4.78 is 5.23. The second-order valence-corrected chi connectivity index (χ2v) is 7.37. The lowest BCUT2D eigenvalue weighted by Gasteiger charge is -2.22. The van der Waals surface area contributed by atoms with Gasteiger partial charge in [-0.3, -0.25) is 4.68 Å². The van der Waals surface area contributed by atoms with Gasteiger partial charge in [0.15, 0.2) is 0 Å². The number of aryl methyl sites for hydroxylation is 1. The average molecular weight is 480 g/mol. The summed E-state index contributed by atoms with van der Waals surface area (Å²) in [6.07, 6.45) is 2.95. The van der Waals surface area contributed by atoms with E-state index in [1.54, 1.807) is 0 Å². The predicted octanol–water partition coefficient (Wildman–Crippen LogP) is 5.28. The second kappa shape index (κ2) is 7.90. The Morgan fingerprint density at radius 3 is 2.62 bits per heavy atom. The molecular weight excluding hydrogens is 462 g/mol. The van der Waals surface area contributed by atoms with Crippen LogP contribution in [-0.4, -0.2) is 16.3 Å². The Hall–Kier alpha value is -0.170. The number of hydrogen-bond acceptors (Lipinski definition) is 2. The molecule has 1 N–H and O–H groups in total. The predicted molar refractivity (Wildman–Crippen MR) is 97.6 cm³/mol. The van der Waals surface area contributed by atoms with Crippen LogP contribution in [0.5, 0.6) is 0 Å². The molecular formula is C15H18Br3N3. The first kappa shape index (κ1) is 17.2. The summed E-state index contributed by atoms with van der Waals surface area (Å²) in [4.78, 5) is 0. The maximum atomic E-state index is 4.44. The van der Waals surface area contributed by atoms with E-state index < -0.39 is 0 Å². The molecule has 114 valence electrons. The number of benzene rings is 1. The van der Waals surface area contributed by atoms with Crippen molar-refractivity contribution in [3.63, 3.8) is 0 Å². The van der Waals surface area contributed by atoms with Gasteiger partial charge < -0.3 is 5.32 Å². The second-order valence-electron chi connectivity index (χ2n) is 4.75. The van der Waals surface area contributed by atoms with E-state index in [1.807, 2.05) is 16.9 Å². The quantitative estimate of drug-likeness (QED) is 0.611. The fourth-order valence-electron chi connectivity index (χ4n) is 2.29. The van der Waals surface area contributed by atoms with Gasteiger partial charge in [-0.05, 0) is 59.6 Å². The van der Waals surface area contributed by atoms with Crippen molar-refractivity contribution in [2.75, 3.05) is 6.54 Å². The molecule has 0 saturated carbocycles. The average Bonchev–Trinajstić information content (AvgIpc) is 2.84. The molecule has 0 bridgehead atoms. The highest BCUT2D eigenvalue weighted by molar-refractivity contribution is 9.11. The molecule has 3 nitrogen and oxygen atoms in total. The fraction of sp³-hybridized carbons (Fsp3) is 0.400. The normalized spacial score (nSPS) is 12.6. The first-order valence-electron chi connectivity index (χ1n) is 6.98.